The van der Waals surface area contributed by atoms with E-state index in [0.717, 1.165) is 17.5 Å². The number of ether oxygens (including phenoxy) is 3. The normalized spacial score (nSPS) is 14.6. The van der Waals surface area contributed by atoms with E-state index in [-0.39, 0.29) is 28.7 Å². The lowest BCUT2D eigenvalue weighted by Gasteiger charge is -2.27. The van der Waals surface area contributed by atoms with Gasteiger partial charge < -0.3 is 23.2 Å². The van der Waals surface area contributed by atoms with Crippen LogP contribution in [-0.2, 0) is 11.3 Å². The van der Waals surface area contributed by atoms with Gasteiger partial charge in [0.2, 0.25) is 11.5 Å². The smallest absolute Gasteiger partial charge is 0.374 e. The number of fused-ring (bicyclic) bond motifs is 2. The van der Waals surface area contributed by atoms with E-state index in [1.165, 1.54) is 0 Å². The fourth-order valence-electron chi connectivity index (χ4n) is 4.21. The van der Waals surface area contributed by atoms with Gasteiger partial charge in [-0.1, -0.05) is 24.3 Å². The summed E-state index contributed by atoms with van der Waals surface area (Å²) in [6, 6.07) is 16.9. The minimum Gasteiger partial charge on any atom is -0.486 e. The van der Waals surface area contributed by atoms with E-state index in [1.54, 1.807) is 30.3 Å². The highest BCUT2D eigenvalue weighted by atomic mass is 16.6. The first-order valence-electron chi connectivity index (χ1n) is 11.2. The highest BCUT2D eigenvalue weighted by Gasteiger charge is 2.24. The molecule has 0 unspecified atom stereocenters. The van der Waals surface area contributed by atoms with Crippen LogP contribution in [0.2, 0.25) is 0 Å². The van der Waals surface area contributed by atoms with E-state index in [9.17, 15) is 14.4 Å². The molecule has 0 saturated heterocycles. The molecule has 0 saturated carbocycles. The Kier molecular flexibility index (Phi) is 5.86. The number of ketones is 1. The number of aryl methyl sites for hydroxylation is 1. The van der Waals surface area contributed by atoms with Crippen LogP contribution in [0.4, 0.5) is 0 Å². The highest BCUT2D eigenvalue weighted by molar-refractivity contribution is 6.00. The zero-order valence-corrected chi connectivity index (χ0v) is 19.3. The van der Waals surface area contributed by atoms with Crippen molar-refractivity contribution in [1.29, 1.82) is 0 Å². The van der Waals surface area contributed by atoms with Gasteiger partial charge in [0.15, 0.2) is 29.6 Å². The minimum absolute atomic E-state index is 0.216. The van der Waals surface area contributed by atoms with Crippen LogP contribution < -0.4 is 14.9 Å². The Labute approximate surface area is 200 Å². The maximum atomic E-state index is 12.9. The van der Waals surface area contributed by atoms with E-state index >= 15 is 0 Å². The van der Waals surface area contributed by atoms with Crippen molar-refractivity contribution in [3.63, 3.8) is 0 Å². The Bertz CT molecular complexity index is 1500. The summed E-state index contributed by atoms with van der Waals surface area (Å²) in [5.74, 6) is -0.0745. The molecule has 1 aliphatic rings. The first-order chi connectivity index (χ1) is 16.9. The summed E-state index contributed by atoms with van der Waals surface area (Å²) in [4.78, 5) is 37.5. The number of Topliss-reactive ketones (excluding diaryl/α,β-unsaturated/α-hetero) is 1. The Balaban J connectivity index is 1.26. The van der Waals surface area contributed by atoms with Gasteiger partial charge in [0.05, 0.1) is 11.9 Å². The number of benzene rings is 2. The number of aromatic nitrogens is 1. The van der Waals surface area contributed by atoms with Crippen LogP contribution >= 0.6 is 0 Å². The fraction of sp³-hybridized carbons (Fsp3) is 0.222. The molecule has 8 heteroatoms. The summed E-state index contributed by atoms with van der Waals surface area (Å²) in [5, 5.41) is 0.364. The second kappa shape index (κ2) is 9.13. The number of carbonyl (C=O) groups excluding carboxylic acids is 2. The largest absolute Gasteiger partial charge is 0.486 e. The third-order valence-electron chi connectivity index (χ3n) is 6.00. The molecule has 1 atom stereocenters. The molecule has 0 N–H and O–H groups in total. The Morgan fingerprint density at radius 2 is 1.77 bits per heavy atom. The number of hydrogen-bond acceptors (Lipinski definition) is 7. The van der Waals surface area contributed by atoms with Gasteiger partial charge >= 0.3 is 5.97 Å². The molecular weight excluding hydrogens is 450 g/mol. The predicted octanol–water partition coefficient (Wildman–Crippen LogP) is 4.09. The van der Waals surface area contributed by atoms with Crippen molar-refractivity contribution in [2.24, 2.45) is 0 Å². The van der Waals surface area contributed by atoms with Gasteiger partial charge in [-0.2, -0.15) is 0 Å². The van der Waals surface area contributed by atoms with E-state index in [2.05, 4.69) is 0 Å². The molecule has 4 aromatic rings. The molecule has 35 heavy (non-hydrogen) atoms. The van der Waals surface area contributed by atoms with Gasteiger partial charge in [-0.15, -0.1) is 0 Å². The van der Waals surface area contributed by atoms with Crippen molar-refractivity contribution in [2.75, 3.05) is 13.2 Å². The molecule has 5 rings (SSSR count). The molecule has 0 radical (unpaired) electrons. The number of hydrogen-bond donors (Lipinski definition) is 0. The van der Waals surface area contributed by atoms with Crippen molar-refractivity contribution in [3.8, 4) is 11.5 Å². The van der Waals surface area contributed by atoms with Gasteiger partial charge in [-0.3, -0.25) is 9.59 Å². The van der Waals surface area contributed by atoms with Gasteiger partial charge in [-0.05, 0) is 44.2 Å². The lowest BCUT2D eigenvalue weighted by molar-refractivity contribution is 0.0444. The summed E-state index contributed by atoms with van der Waals surface area (Å²) >= 11 is 0. The van der Waals surface area contributed by atoms with E-state index in [0.29, 0.717) is 35.6 Å². The van der Waals surface area contributed by atoms with E-state index < -0.39 is 12.6 Å². The summed E-state index contributed by atoms with van der Waals surface area (Å²) in [5.41, 5.74) is 1.99. The minimum atomic E-state index is -0.874. The van der Waals surface area contributed by atoms with Crippen LogP contribution in [0.5, 0.6) is 11.5 Å². The van der Waals surface area contributed by atoms with Crippen molar-refractivity contribution < 1.29 is 28.2 Å². The molecule has 8 nitrogen and oxygen atoms in total. The molecule has 0 fully saturated rings. The number of esters is 1. The Morgan fingerprint density at radius 3 is 2.60 bits per heavy atom. The van der Waals surface area contributed by atoms with E-state index in [4.69, 9.17) is 18.6 Å². The van der Waals surface area contributed by atoms with Crippen LogP contribution in [0.25, 0.3) is 11.0 Å². The first-order valence-corrected chi connectivity index (χ1v) is 11.2. The van der Waals surface area contributed by atoms with Crippen molar-refractivity contribution in [1.82, 2.24) is 4.57 Å². The van der Waals surface area contributed by atoms with Crippen LogP contribution in [0.1, 0.15) is 32.3 Å². The fourth-order valence-corrected chi connectivity index (χ4v) is 4.21. The lowest BCUT2D eigenvalue weighted by atomic mass is 10.1. The van der Waals surface area contributed by atoms with Crippen LogP contribution in [0.3, 0.4) is 0 Å². The number of rotatable bonds is 6. The third kappa shape index (κ3) is 4.42. The summed E-state index contributed by atoms with van der Waals surface area (Å²) in [6.45, 7) is 4.16. The van der Waals surface area contributed by atoms with E-state index in [1.807, 2.05) is 42.7 Å². The summed E-state index contributed by atoms with van der Waals surface area (Å²) in [7, 11) is 0. The average Bonchev–Trinajstić information content (AvgIpc) is 3.15. The third-order valence-corrected chi connectivity index (χ3v) is 6.00. The van der Waals surface area contributed by atoms with Gasteiger partial charge in [0, 0.05) is 23.0 Å². The molecular formula is C27H23NO7. The zero-order chi connectivity index (χ0) is 24.5. The van der Waals surface area contributed by atoms with Crippen LogP contribution in [-0.4, -0.2) is 35.6 Å². The van der Waals surface area contributed by atoms with Crippen LogP contribution in [0.15, 0.2) is 69.9 Å². The second-order valence-corrected chi connectivity index (χ2v) is 8.36. The van der Waals surface area contributed by atoms with Crippen molar-refractivity contribution in [3.05, 3.63) is 93.6 Å². The standard InChI is InChI=1S/C27H23NO7/c1-16-11-20(17(2)28(16)13-18-14-32-24-9-5-6-10-25(24)34-18)22(30)15-33-27(31)26-12-21(29)19-7-3-4-8-23(19)35-26/h3-12,18H,13-15H2,1-2H3/t18-/m1/s1. The lowest BCUT2D eigenvalue weighted by Crippen LogP contribution is -2.33. The number of nitrogens with zero attached hydrogens (tertiary/aromatic N) is 1. The second-order valence-electron chi connectivity index (χ2n) is 8.36. The van der Waals surface area contributed by atoms with Gasteiger partial charge in [0.1, 0.15) is 12.2 Å². The highest BCUT2D eigenvalue weighted by Crippen LogP contribution is 2.31. The Hall–Kier alpha value is -4.33. The molecule has 0 bridgehead atoms. The Morgan fingerprint density at radius 1 is 1.03 bits per heavy atom. The van der Waals surface area contributed by atoms with Crippen molar-refractivity contribution >= 4 is 22.7 Å². The molecule has 0 amide bonds. The number of carbonyl (C=O) groups is 2. The van der Waals surface area contributed by atoms with Gasteiger partial charge in [-0.25, -0.2) is 4.79 Å². The molecule has 2 aromatic heterocycles. The van der Waals surface area contributed by atoms with Crippen molar-refractivity contribution in [2.45, 2.75) is 26.5 Å². The molecule has 3 heterocycles. The maximum absolute atomic E-state index is 12.9. The quantitative estimate of drug-likeness (QED) is 0.307. The average molecular weight is 473 g/mol. The maximum Gasteiger partial charge on any atom is 0.374 e. The molecule has 0 spiro atoms. The zero-order valence-electron chi connectivity index (χ0n) is 19.3. The molecule has 1 aliphatic heterocycles. The topological polar surface area (TPSA) is 97.0 Å². The monoisotopic (exact) mass is 473 g/mol. The summed E-state index contributed by atoms with van der Waals surface area (Å²) in [6.07, 6.45) is -0.216. The molecule has 178 valence electrons. The first kappa shape index (κ1) is 22.5. The SMILES string of the molecule is Cc1cc(C(=O)COC(=O)c2cc(=O)c3ccccc3o2)c(C)n1C[C@@H]1COc2ccccc2O1. The molecule has 2 aromatic carbocycles. The van der Waals surface area contributed by atoms with Gasteiger partial charge in [0.25, 0.3) is 0 Å². The molecule has 0 aliphatic carbocycles. The predicted molar refractivity (Wildman–Crippen MR) is 127 cm³/mol. The van der Waals surface area contributed by atoms with Crippen LogP contribution in [0, 0.1) is 13.8 Å². The number of para-hydroxylation sites is 3. The summed E-state index contributed by atoms with van der Waals surface area (Å²) < 4.78 is 24.5.